The topological polar surface area (TPSA) is 82.7 Å². The molecule has 5 nitrogen and oxygen atoms in total. The van der Waals surface area contributed by atoms with Crippen LogP contribution < -0.4 is 4.74 Å². The normalized spacial score (nSPS) is 26.3. The van der Waals surface area contributed by atoms with Crippen LogP contribution in [0.4, 0.5) is 0 Å². The fraction of sp³-hybridized carbons (Fsp3) is 0.444. The Balaban J connectivity index is 1.96. The molecule has 1 aliphatic heterocycles. The number of rotatable bonds is 4. The maximum atomic E-state index is 12.5. The summed E-state index contributed by atoms with van der Waals surface area (Å²) in [6.45, 7) is 0.178. The lowest BCUT2D eigenvalue weighted by molar-refractivity contribution is -0.122. The van der Waals surface area contributed by atoms with Crippen LogP contribution in [-0.4, -0.2) is 34.8 Å². The van der Waals surface area contributed by atoms with E-state index in [0.29, 0.717) is 17.2 Å². The second-order valence-corrected chi connectivity index (χ2v) is 6.43. The van der Waals surface area contributed by atoms with Crippen LogP contribution in [-0.2, 0) is 4.79 Å². The van der Waals surface area contributed by atoms with E-state index in [4.69, 9.17) is 22.1 Å². The van der Waals surface area contributed by atoms with Crippen molar-refractivity contribution < 1.29 is 14.6 Å². The van der Waals surface area contributed by atoms with Crippen molar-refractivity contribution in [2.75, 3.05) is 13.2 Å². The van der Waals surface area contributed by atoms with Crippen LogP contribution in [0.2, 0.25) is 0 Å². The fourth-order valence-electron chi connectivity index (χ4n) is 3.50. The highest BCUT2D eigenvalue weighted by molar-refractivity contribution is 7.80. The standard InChI is InChI=1S/C18H18N2O3S/c19-10-13-16(11-4-6-12(7-5-11)23-9-8-21)17-14(20-18(13)24)2-1-3-15(17)22/h4-7,13,16-17,21H,1-3,8-9H2. The molecule has 1 fully saturated rings. The summed E-state index contributed by atoms with van der Waals surface area (Å²) in [6, 6.07) is 9.57. The van der Waals surface area contributed by atoms with Gasteiger partial charge in [-0.05, 0) is 30.5 Å². The van der Waals surface area contributed by atoms with Crippen LogP contribution in [0.25, 0.3) is 0 Å². The van der Waals surface area contributed by atoms with Gasteiger partial charge >= 0.3 is 0 Å². The zero-order valence-corrected chi connectivity index (χ0v) is 14.0. The van der Waals surface area contributed by atoms with E-state index in [1.54, 1.807) is 12.1 Å². The van der Waals surface area contributed by atoms with Crippen molar-refractivity contribution >= 4 is 28.7 Å². The van der Waals surface area contributed by atoms with E-state index in [1.807, 2.05) is 12.1 Å². The lowest BCUT2D eigenvalue weighted by Crippen LogP contribution is -2.42. The highest BCUT2D eigenvalue weighted by Gasteiger charge is 2.44. The van der Waals surface area contributed by atoms with Crippen LogP contribution in [0.5, 0.6) is 5.75 Å². The van der Waals surface area contributed by atoms with E-state index >= 15 is 0 Å². The van der Waals surface area contributed by atoms with Crippen molar-refractivity contribution in [2.24, 2.45) is 16.8 Å². The van der Waals surface area contributed by atoms with Gasteiger partial charge in [0.05, 0.1) is 18.6 Å². The SMILES string of the molecule is N#CC1C(=S)N=C2CCCC(=O)C2C1c1ccc(OCCO)cc1. The van der Waals surface area contributed by atoms with Crippen molar-refractivity contribution in [3.63, 3.8) is 0 Å². The maximum Gasteiger partial charge on any atom is 0.142 e. The molecule has 0 radical (unpaired) electrons. The number of nitrogens with zero attached hydrogens (tertiary/aromatic N) is 2. The van der Waals surface area contributed by atoms with Gasteiger partial charge in [-0.15, -0.1) is 0 Å². The molecule has 0 bridgehead atoms. The molecule has 0 amide bonds. The first-order valence-electron chi connectivity index (χ1n) is 8.03. The van der Waals surface area contributed by atoms with Crippen LogP contribution in [0.3, 0.4) is 0 Å². The van der Waals surface area contributed by atoms with Gasteiger partial charge in [-0.25, -0.2) is 4.99 Å². The van der Waals surface area contributed by atoms with E-state index in [-0.39, 0.29) is 30.8 Å². The molecule has 2 aliphatic rings. The Bertz CT molecular complexity index is 721. The van der Waals surface area contributed by atoms with Crippen LogP contribution in [0.1, 0.15) is 30.7 Å². The predicted molar refractivity (Wildman–Crippen MR) is 93.2 cm³/mol. The Labute approximate surface area is 146 Å². The number of ketones is 1. The zero-order chi connectivity index (χ0) is 17.1. The van der Waals surface area contributed by atoms with Crippen molar-refractivity contribution in [3.8, 4) is 11.8 Å². The van der Waals surface area contributed by atoms with Gasteiger partial charge in [-0.2, -0.15) is 5.26 Å². The molecule has 1 heterocycles. The number of aliphatic hydroxyl groups is 1. The summed E-state index contributed by atoms with van der Waals surface area (Å²) >= 11 is 5.32. The summed E-state index contributed by atoms with van der Waals surface area (Å²) in [4.78, 5) is 17.3. The molecule has 3 rings (SSSR count). The number of nitriles is 1. The predicted octanol–water partition coefficient (Wildman–Crippen LogP) is 2.43. The number of aliphatic imine (C=N–C) groups is 1. The number of hydrogen-bond acceptors (Lipinski definition) is 5. The number of benzene rings is 1. The van der Waals surface area contributed by atoms with Crippen molar-refractivity contribution in [1.82, 2.24) is 0 Å². The molecule has 3 unspecified atom stereocenters. The molecule has 6 heteroatoms. The molecule has 0 saturated heterocycles. The van der Waals surface area contributed by atoms with Gasteiger partial charge in [-0.1, -0.05) is 24.4 Å². The second-order valence-electron chi connectivity index (χ2n) is 6.01. The lowest BCUT2D eigenvalue weighted by atomic mass is 9.68. The number of carbonyl (C=O) groups is 1. The maximum absolute atomic E-state index is 12.5. The number of thiocarbonyl (C=S) groups is 1. The fourth-order valence-corrected chi connectivity index (χ4v) is 3.82. The van der Waals surface area contributed by atoms with E-state index < -0.39 is 5.92 Å². The molecule has 1 N–H and O–H groups in total. The Morgan fingerprint density at radius 3 is 2.75 bits per heavy atom. The monoisotopic (exact) mass is 342 g/mol. The summed E-state index contributed by atoms with van der Waals surface area (Å²) < 4.78 is 5.37. The smallest absolute Gasteiger partial charge is 0.142 e. The zero-order valence-electron chi connectivity index (χ0n) is 13.1. The summed E-state index contributed by atoms with van der Waals surface area (Å²) in [5, 5.41) is 18.4. The number of hydrogen-bond donors (Lipinski definition) is 1. The Morgan fingerprint density at radius 1 is 1.33 bits per heavy atom. The van der Waals surface area contributed by atoms with E-state index in [2.05, 4.69) is 11.1 Å². The van der Waals surface area contributed by atoms with Crippen molar-refractivity contribution in [1.29, 1.82) is 5.26 Å². The van der Waals surface area contributed by atoms with E-state index in [1.165, 1.54) is 0 Å². The molecular weight excluding hydrogens is 324 g/mol. The lowest BCUT2D eigenvalue weighted by Gasteiger charge is -2.36. The van der Waals surface area contributed by atoms with Gasteiger partial charge in [0.1, 0.15) is 29.0 Å². The van der Waals surface area contributed by atoms with Gasteiger partial charge in [0.25, 0.3) is 0 Å². The first-order chi connectivity index (χ1) is 11.7. The number of fused-ring (bicyclic) bond motifs is 1. The molecule has 3 atom stereocenters. The molecule has 1 aromatic rings. The second kappa shape index (κ2) is 7.20. The summed E-state index contributed by atoms with van der Waals surface area (Å²) in [7, 11) is 0. The minimum Gasteiger partial charge on any atom is -0.491 e. The van der Waals surface area contributed by atoms with Crippen molar-refractivity contribution in [3.05, 3.63) is 29.8 Å². The number of ether oxygens (including phenoxy) is 1. The van der Waals surface area contributed by atoms with Gasteiger partial charge < -0.3 is 9.84 Å². The Morgan fingerprint density at radius 2 is 2.08 bits per heavy atom. The first kappa shape index (κ1) is 16.7. The van der Waals surface area contributed by atoms with Crippen LogP contribution in [0, 0.1) is 23.2 Å². The third-order valence-corrected chi connectivity index (χ3v) is 4.91. The minimum atomic E-state index is -0.569. The Kier molecular flexibility index (Phi) is 5.03. The minimum absolute atomic E-state index is 0.0500. The average molecular weight is 342 g/mol. The summed E-state index contributed by atoms with van der Waals surface area (Å²) in [6.07, 6.45) is 2.10. The highest BCUT2D eigenvalue weighted by atomic mass is 32.1. The molecule has 0 aromatic heterocycles. The summed E-state index contributed by atoms with van der Waals surface area (Å²) in [5.41, 5.74) is 1.72. The highest BCUT2D eigenvalue weighted by Crippen LogP contribution is 2.42. The molecule has 1 aromatic carbocycles. The van der Waals surface area contributed by atoms with Gasteiger partial charge in [0.15, 0.2) is 0 Å². The Hall–Kier alpha value is -2.10. The molecule has 0 spiro atoms. The molecule has 1 aliphatic carbocycles. The van der Waals surface area contributed by atoms with E-state index in [9.17, 15) is 10.1 Å². The van der Waals surface area contributed by atoms with Gasteiger partial charge in [0, 0.05) is 18.1 Å². The largest absolute Gasteiger partial charge is 0.491 e. The molecular formula is C18H18N2O3S. The van der Waals surface area contributed by atoms with Crippen LogP contribution >= 0.6 is 12.2 Å². The third kappa shape index (κ3) is 3.10. The molecule has 124 valence electrons. The number of Topliss-reactive ketones (excluding diaryl/α,β-unsaturated/α-hetero) is 1. The van der Waals surface area contributed by atoms with Crippen molar-refractivity contribution in [2.45, 2.75) is 25.2 Å². The molecule has 24 heavy (non-hydrogen) atoms. The van der Waals surface area contributed by atoms with Crippen LogP contribution in [0.15, 0.2) is 29.3 Å². The number of aliphatic hydroxyl groups excluding tert-OH is 1. The average Bonchev–Trinajstić information content (AvgIpc) is 2.59. The summed E-state index contributed by atoms with van der Waals surface area (Å²) in [5.74, 6) is -0.411. The quantitative estimate of drug-likeness (QED) is 0.850. The van der Waals surface area contributed by atoms with Gasteiger partial charge in [-0.3, -0.25) is 4.79 Å². The van der Waals surface area contributed by atoms with Gasteiger partial charge in [0.2, 0.25) is 0 Å². The first-order valence-corrected chi connectivity index (χ1v) is 8.43. The van der Waals surface area contributed by atoms with E-state index in [0.717, 1.165) is 24.1 Å². The third-order valence-electron chi connectivity index (χ3n) is 4.56. The molecule has 1 saturated carbocycles. The number of carbonyl (C=O) groups excluding carboxylic acids is 1.